The summed E-state index contributed by atoms with van der Waals surface area (Å²) in [5.41, 5.74) is 8.66. The van der Waals surface area contributed by atoms with E-state index < -0.39 is 42.6 Å². The predicted octanol–water partition coefficient (Wildman–Crippen LogP) is 2.77. The van der Waals surface area contributed by atoms with Crippen LogP contribution in [0.3, 0.4) is 0 Å². The SMILES string of the molecule is CC[C@H]1O[C@@H](n2cnc3c(Cl)nc(N)nc32)[C@](C)(F)[C@@H]1C.C[C@@]1(F)[C@H](O)[C@@H](CO)O[C@H]1n1cnc2c(Cl)nc(N)nc21. The molecular weight excluding hydrogens is 601 g/mol. The fourth-order valence-electron chi connectivity index (χ4n) is 5.29. The monoisotopic (exact) mass is 630 g/mol. The third-order valence-corrected chi connectivity index (χ3v) is 8.36. The maximum Gasteiger partial charge on any atom is 0.223 e. The summed E-state index contributed by atoms with van der Waals surface area (Å²) in [6.45, 7) is 6.03. The van der Waals surface area contributed by atoms with Gasteiger partial charge in [0.25, 0.3) is 0 Å². The zero-order chi connectivity index (χ0) is 30.7. The topological polar surface area (TPSA) is 198 Å². The van der Waals surface area contributed by atoms with Crippen LogP contribution in [0.15, 0.2) is 12.7 Å². The second-order valence-electron chi connectivity index (χ2n) is 10.6. The second-order valence-corrected chi connectivity index (χ2v) is 11.3. The van der Waals surface area contributed by atoms with Crippen molar-refractivity contribution in [2.45, 2.75) is 76.2 Å². The molecule has 2 aliphatic heterocycles. The highest BCUT2D eigenvalue weighted by atomic mass is 35.5. The van der Waals surface area contributed by atoms with Gasteiger partial charge in [-0.25, -0.2) is 18.7 Å². The zero-order valence-electron chi connectivity index (χ0n) is 23.0. The number of halogens is 4. The standard InChI is InChI=1S/C13H17ClFN5O.C11H13ClFN5O3/c1-4-7-6(2)13(3,15)11(21-7)20-5-17-8-9(14)18-12(16)19-10(8)20;1-11(13)6(20)4(2-19)21-9(11)18-3-15-5-7(12)16-10(14)17-8(5)18/h5-7,11H,4H2,1-3H3,(H2,16,18,19);3-4,6,9,19-20H,2H2,1H3,(H2,14,16,17)/t6-,7-,11-,13-;4-,6-,9-,11-/m11/s1. The number of aliphatic hydroxyl groups is 2. The van der Waals surface area contributed by atoms with Crippen molar-refractivity contribution in [3.05, 3.63) is 23.0 Å². The van der Waals surface area contributed by atoms with Crippen molar-refractivity contribution in [3.63, 3.8) is 0 Å². The van der Waals surface area contributed by atoms with Gasteiger partial charge in [-0.05, 0) is 20.3 Å². The van der Waals surface area contributed by atoms with E-state index in [9.17, 15) is 9.50 Å². The Morgan fingerprint density at radius 2 is 1.33 bits per heavy atom. The summed E-state index contributed by atoms with van der Waals surface area (Å²) in [6, 6.07) is 0. The van der Waals surface area contributed by atoms with Crippen molar-refractivity contribution in [1.82, 2.24) is 39.0 Å². The van der Waals surface area contributed by atoms with Crippen LogP contribution >= 0.6 is 23.2 Å². The van der Waals surface area contributed by atoms with E-state index >= 15 is 4.39 Å². The number of aromatic nitrogens is 8. The molecule has 0 aromatic carbocycles. The molecule has 14 nitrogen and oxygen atoms in total. The average Bonchev–Trinajstić information content (AvgIpc) is 3.64. The lowest BCUT2D eigenvalue weighted by molar-refractivity contribution is -0.0566. The maximum atomic E-state index is 15.1. The van der Waals surface area contributed by atoms with E-state index in [1.807, 2.05) is 13.8 Å². The Bertz CT molecular complexity index is 1500. The van der Waals surface area contributed by atoms with Crippen molar-refractivity contribution < 1.29 is 28.5 Å². The van der Waals surface area contributed by atoms with Gasteiger partial charge in [-0.3, -0.25) is 9.13 Å². The summed E-state index contributed by atoms with van der Waals surface area (Å²) < 4.78 is 43.9. The van der Waals surface area contributed by atoms with Crippen molar-refractivity contribution >= 4 is 57.4 Å². The molecule has 0 saturated carbocycles. The normalized spacial score (nSPS) is 32.9. The van der Waals surface area contributed by atoms with E-state index in [-0.39, 0.29) is 45.4 Å². The lowest BCUT2D eigenvalue weighted by atomic mass is 9.88. The Morgan fingerprint density at radius 3 is 1.74 bits per heavy atom. The number of hydrogen-bond donors (Lipinski definition) is 4. The highest BCUT2D eigenvalue weighted by Gasteiger charge is 2.55. The number of fused-ring (bicyclic) bond motifs is 2. The van der Waals surface area contributed by atoms with Gasteiger partial charge < -0.3 is 31.2 Å². The van der Waals surface area contributed by atoms with E-state index in [4.69, 9.17) is 49.2 Å². The van der Waals surface area contributed by atoms with Gasteiger partial charge in [-0.2, -0.15) is 19.9 Å². The van der Waals surface area contributed by atoms with Gasteiger partial charge in [0.15, 0.2) is 45.4 Å². The fraction of sp³-hybridized carbons (Fsp3) is 0.583. The van der Waals surface area contributed by atoms with Crippen LogP contribution < -0.4 is 11.5 Å². The average molecular weight is 631 g/mol. The third-order valence-electron chi connectivity index (χ3n) is 7.83. The number of nitrogens with two attached hydrogens (primary N) is 2. The molecular formula is C24H30Cl2F2N10O4. The Labute approximate surface area is 248 Å². The van der Waals surface area contributed by atoms with Gasteiger partial charge in [0, 0.05) is 5.92 Å². The number of nitrogen functional groups attached to an aromatic ring is 2. The number of imidazole rings is 2. The van der Waals surface area contributed by atoms with Crippen LogP contribution in [0.2, 0.25) is 10.3 Å². The van der Waals surface area contributed by atoms with Crippen molar-refractivity contribution in [2.75, 3.05) is 18.1 Å². The minimum absolute atomic E-state index is 0.0212. The molecule has 4 aromatic heterocycles. The fourth-order valence-corrected chi connectivity index (χ4v) is 5.73. The summed E-state index contributed by atoms with van der Waals surface area (Å²) >= 11 is 11.9. The molecule has 0 radical (unpaired) electrons. The minimum atomic E-state index is -2.15. The Balaban J connectivity index is 0.000000168. The predicted molar refractivity (Wildman–Crippen MR) is 149 cm³/mol. The largest absolute Gasteiger partial charge is 0.394 e. The molecule has 2 aliphatic rings. The lowest BCUT2D eigenvalue weighted by Gasteiger charge is -2.25. The molecule has 0 aliphatic carbocycles. The number of rotatable bonds is 4. The first-order valence-electron chi connectivity index (χ1n) is 13.0. The summed E-state index contributed by atoms with van der Waals surface area (Å²) in [4.78, 5) is 23.8. The number of ether oxygens (including phenoxy) is 2. The zero-order valence-corrected chi connectivity index (χ0v) is 24.5. The number of aliphatic hydroxyl groups excluding tert-OH is 2. The molecule has 6 rings (SSSR count). The van der Waals surface area contributed by atoms with Crippen molar-refractivity contribution in [2.24, 2.45) is 5.92 Å². The molecule has 0 unspecified atom stereocenters. The quantitative estimate of drug-likeness (QED) is 0.241. The molecule has 0 bridgehead atoms. The molecule has 0 spiro atoms. The molecule has 6 N–H and O–H groups in total. The van der Waals surface area contributed by atoms with Crippen LogP contribution in [0.25, 0.3) is 22.3 Å². The van der Waals surface area contributed by atoms with Gasteiger partial charge in [-0.15, -0.1) is 0 Å². The van der Waals surface area contributed by atoms with E-state index in [1.54, 1.807) is 4.57 Å². The van der Waals surface area contributed by atoms with E-state index in [1.165, 1.54) is 31.1 Å². The first-order chi connectivity index (χ1) is 19.7. The Kier molecular flexibility index (Phi) is 7.91. The van der Waals surface area contributed by atoms with Crippen LogP contribution in [0.5, 0.6) is 0 Å². The minimum Gasteiger partial charge on any atom is -0.394 e. The summed E-state index contributed by atoms with van der Waals surface area (Å²) in [5.74, 6) is -0.306. The summed E-state index contributed by atoms with van der Waals surface area (Å²) in [6.07, 6.45) is -1.24. The van der Waals surface area contributed by atoms with Gasteiger partial charge >= 0.3 is 0 Å². The molecule has 2 saturated heterocycles. The number of nitrogens with zero attached hydrogens (tertiary/aromatic N) is 8. The first-order valence-corrected chi connectivity index (χ1v) is 13.8. The second kappa shape index (κ2) is 10.9. The smallest absolute Gasteiger partial charge is 0.223 e. The van der Waals surface area contributed by atoms with E-state index in [0.717, 1.165) is 6.42 Å². The van der Waals surface area contributed by atoms with Crippen LogP contribution in [-0.4, -0.2) is 85.5 Å². The lowest BCUT2D eigenvalue weighted by Crippen LogP contribution is -2.40. The highest BCUT2D eigenvalue weighted by molar-refractivity contribution is 6.34. The molecule has 8 atom stereocenters. The highest BCUT2D eigenvalue weighted by Crippen LogP contribution is 2.47. The van der Waals surface area contributed by atoms with Crippen LogP contribution in [0.1, 0.15) is 46.6 Å². The van der Waals surface area contributed by atoms with Crippen LogP contribution in [-0.2, 0) is 9.47 Å². The molecule has 4 aromatic rings. The van der Waals surface area contributed by atoms with Crippen LogP contribution in [0.4, 0.5) is 20.7 Å². The number of anilines is 2. The van der Waals surface area contributed by atoms with Gasteiger partial charge in [0.05, 0.1) is 25.4 Å². The van der Waals surface area contributed by atoms with Crippen molar-refractivity contribution in [3.8, 4) is 0 Å². The summed E-state index contributed by atoms with van der Waals surface area (Å²) in [7, 11) is 0. The van der Waals surface area contributed by atoms with Crippen LogP contribution in [0, 0.1) is 5.92 Å². The molecule has 0 amide bonds. The first kappa shape index (κ1) is 30.4. The summed E-state index contributed by atoms with van der Waals surface area (Å²) in [5, 5.41) is 19.2. The number of hydrogen-bond acceptors (Lipinski definition) is 12. The number of alkyl halides is 2. The van der Waals surface area contributed by atoms with Gasteiger partial charge in [0.1, 0.15) is 23.2 Å². The van der Waals surface area contributed by atoms with Gasteiger partial charge in [0.2, 0.25) is 11.9 Å². The molecule has 6 heterocycles. The van der Waals surface area contributed by atoms with E-state index in [0.29, 0.717) is 11.2 Å². The van der Waals surface area contributed by atoms with Gasteiger partial charge in [-0.1, -0.05) is 37.0 Å². The Hall–Kier alpha value is -3.02. The van der Waals surface area contributed by atoms with Crippen molar-refractivity contribution in [1.29, 1.82) is 0 Å². The molecule has 228 valence electrons. The molecule has 2 fully saturated rings. The maximum absolute atomic E-state index is 15.1. The molecule has 42 heavy (non-hydrogen) atoms. The molecule has 18 heteroatoms. The van der Waals surface area contributed by atoms with E-state index in [2.05, 4.69) is 29.9 Å². The third kappa shape index (κ3) is 4.89. The Morgan fingerprint density at radius 1 is 0.881 bits per heavy atom.